The van der Waals surface area contributed by atoms with E-state index in [2.05, 4.69) is 133 Å². The van der Waals surface area contributed by atoms with Crippen LogP contribution in [0.5, 0.6) is 0 Å². The lowest BCUT2D eigenvalue weighted by Gasteiger charge is -2.14. The predicted molar refractivity (Wildman–Crippen MR) is 480 cm³/mol. The molecule has 0 bridgehead atoms. The van der Waals surface area contributed by atoms with Gasteiger partial charge >= 0.3 is 0 Å². The molecule has 0 fully saturated rings. The number of aromatic nitrogens is 14. The fourth-order valence-electron chi connectivity index (χ4n) is 14.4. The van der Waals surface area contributed by atoms with E-state index in [1.165, 1.54) is 0 Å². The van der Waals surface area contributed by atoms with Crippen LogP contribution >= 0.6 is 0 Å². The fourth-order valence-corrected chi connectivity index (χ4v) is 14.4. The van der Waals surface area contributed by atoms with Crippen LogP contribution in [0.25, 0.3) is 203 Å². The van der Waals surface area contributed by atoms with Crippen LogP contribution in [0, 0.1) is 0 Å². The van der Waals surface area contributed by atoms with Gasteiger partial charge in [0.2, 0.25) is 0 Å². The minimum atomic E-state index is 0.555. The summed E-state index contributed by atoms with van der Waals surface area (Å²) in [4.78, 5) is 70.5. The number of pyridine rings is 6. The molecule has 0 unspecified atom stereocenters. The van der Waals surface area contributed by atoms with Gasteiger partial charge in [-0.1, -0.05) is 303 Å². The summed E-state index contributed by atoms with van der Waals surface area (Å²) in [5, 5.41) is 0. The van der Waals surface area contributed by atoms with Crippen LogP contribution in [-0.2, 0) is 0 Å². The number of nitrogens with zero attached hydrogens (tertiary/aromatic N) is 14. The summed E-state index contributed by atoms with van der Waals surface area (Å²) in [5.41, 5.74) is 27.6. The number of hydrogen-bond donors (Lipinski definition) is 0. The smallest absolute Gasteiger partial charge is 0.162 e. The van der Waals surface area contributed by atoms with E-state index in [0.29, 0.717) is 46.1 Å². The van der Waals surface area contributed by atoms with Gasteiger partial charge < -0.3 is 0 Å². The first-order valence-corrected chi connectivity index (χ1v) is 39.4. The Morgan fingerprint density at radius 1 is 0.125 bits per heavy atom. The van der Waals surface area contributed by atoms with Gasteiger partial charge in [-0.15, -0.1) is 0 Å². The molecular formula is C106H70N14. The molecule has 0 aliphatic rings. The van der Waals surface area contributed by atoms with Crippen LogP contribution in [0.15, 0.2) is 425 Å². The molecule has 0 aliphatic heterocycles. The Morgan fingerprint density at radius 3 is 0.733 bits per heavy atom. The summed E-state index contributed by atoms with van der Waals surface area (Å²) in [5.74, 6) is 2.39. The number of rotatable bonds is 18. The Morgan fingerprint density at radius 2 is 0.400 bits per heavy atom. The quantitative estimate of drug-likeness (QED) is 0.0791. The average Bonchev–Trinajstić information content (AvgIpc) is 0.767. The van der Waals surface area contributed by atoms with Crippen molar-refractivity contribution in [3.8, 4) is 203 Å². The van der Waals surface area contributed by atoms with Crippen molar-refractivity contribution in [1.82, 2.24) is 69.8 Å². The molecule has 10 aromatic carbocycles. The molecule has 120 heavy (non-hydrogen) atoms. The molecule has 0 saturated heterocycles. The first-order valence-electron chi connectivity index (χ1n) is 39.4. The van der Waals surface area contributed by atoms with E-state index >= 15 is 0 Å². The molecular weight excluding hydrogens is 1470 g/mol. The van der Waals surface area contributed by atoms with Crippen molar-refractivity contribution in [2.45, 2.75) is 0 Å². The predicted octanol–water partition coefficient (Wildman–Crippen LogP) is 24.9. The molecule has 564 valence electrons. The van der Waals surface area contributed by atoms with E-state index in [4.69, 9.17) is 69.8 Å². The van der Waals surface area contributed by atoms with E-state index in [1.807, 2.05) is 286 Å². The third-order valence-electron chi connectivity index (χ3n) is 20.5. The molecule has 20 aromatic rings. The summed E-state index contributed by atoms with van der Waals surface area (Å²) in [6, 6.07) is 134. The van der Waals surface area contributed by atoms with Crippen LogP contribution in [0.2, 0.25) is 0 Å². The van der Waals surface area contributed by atoms with Crippen LogP contribution in [-0.4, -0.2) is 69.8 Å². The van der Waals surface area contributed by atoms with E-state index in [0.717, 1.165) is 157 Å². The van der Waals surface area contributed by atoms with Gasteiger partial charge in [-0.05, 0) is 119 Å². The second kappa shape index (κ2) is 34.2. The first-order chi connectivity index (χ1) is 59.4. The Hall–Kier alpha value is -16.6. The molecule has 10 aromatic heterocycles. The molecule has 20 rings (SSSR count). The maximum absolute atomic E-state index is 5.30. The summed E-state index contributed by atoms with van der Waals surface area (Å²) >= 11 is 0. The average molecular weight is 1540 g/mol. The molecule has 0 spiro atoms. The van der Waals surface area contributed by atoms with Crippen LogP contribution in [0.1, 0.15) is 0 Å². The largest absolute Gasteiger partial charge is 0.255 e. The molecule has 14 heteroatoms. The second-order valence-electron chi connectivity index (χ2n) is 28.5. The van der Waals surface area contributed by atoms with Gasteiger partial charge in [0.05, 0.1) is 91.1 Å². The molecule has 14 nitrogen and oxygen atoms in total. The highest BCUT2D eigenvalue weighted by Gasteiger charge is 2.22. The van der Waals surface area contributed by atoms with Crippen molar-refractivity contribution in [2.24, 2.45) is 0 Å². The van der Waals surface area contributed by atoms with E-state index in [1.54, 1.807) is 6.20 Å². The molecule has 10 heterocycles. The van der Waals surface area contributed by atoms with Crippen LogP contribution in [0.3, 0.4) is 0 Å². The van der Waals surface area contributed by atoms with E-state index < -0.39 is 0 Å². The van der Waals surface area contributed by atoms with Crippen molar-refractivity contribution in [3.05, 3.63) is 425 Å². The SMILES string of the molecule is c1ccc(-c2cc(-c3cc(-c4cc(-c5ccccc5)nc(-c5ccccc5)n4)ccn3)nc(-c3ncccc3-c3nc(-c4ccccc4)cc(-c4ccccc4)n3)c2)cc1.c1ccc(-c2cc(-c3ccc(-c4nc(-c5ccccc5)cc(-c5ccccc5)n4)cn3)nc(-c3ccc(-c4nc(-c5ccccc5)cc(-c5ccccc5)n4)cn3)c2)cc1. The lowest BCUT2D eigenvalue weighted by molar-refractivity contribution is 1.16. The second-order valence-corrected chi connectivity index (χ2v) is 28.5. The van der Waals surface area contributed by atoms with Crippen molar-refractivity contribution in [1.29, 1.82) is 0 Å². The number of benzene rings is 10. The summed E-state index contributed by atoms with van der Waals surface area (Å²) in [6.45, 7) is 0. The van der Waals surface area contributed by atoms with Gasteiger partial charge in [-0.25, -0.2) is 49.8 Å². The first kappa shape index (κ1) is 73.6. The minimum absolute atomic E-state index is 0.555. The molecule has 0 N–H and O–H groups in total. The highest BCUT2D eigenvalue weighted by Crippen LogP contribution is 2.39. The lowest BCUT2D eigenvalue weighted by atomic mass is 10.0. The maximum atomic E-state index is 5.30. The van der Waals surface area contributed by atoms with Crippen molar-refractivity contribution in [2.75, 3.05) is 0 Å². The minimum Gasteiger partial charge on any atom is -0.255 e. The fraction of sp³-hybridized carbons (Fsp3) is 0. The summed E-state index contributed by atoms with van der Waals surface area (Å²) in [7, 11) is 0. The van der Waals surface area contributed by atoms with Crippen molar-refractivity contribution in [3.63, 3.8) is 0 Å². The van der Waals surface area contributed by atoms with Gasteiger partial charge in [0.1, 0.15) is 0 Å². The maximum Gasteiger partial charge on any atom is 0.162 e. The van der Waals surface area contributed by atoms with Crippen LogP contribution in [0.4, 0.5) is 0 Å². The molecule has 0 amide bonds. The van der Waals surface area contributed by atoms with Gasteiger partial charge in [0, 0.05) is 91.5 Å². The van der Waals surface area contributed by atoms with E-state index in [9.17, 15) is 0 Å². The lowest BCUT2D eigenvalue weighted by Crippen LogP contribution is -2.00. The highest BCUT2D eigenvalue weighted by atomic mass is 14.9. The van der Waals surface area contributed by atoms with Crippen molar-refractivity contribution < 1.29 is 0 Å². The number of hydrogen-bond acceptors (Lipinski definition) is 14. The van der Waals surface area contributed by atoms with Gasteiger partial charge in [-0.3, -0.25) is 19.9 Å². The molecule has 0 atom stereocenters. The normalized spacial score (nSPS) is 11.0. The highest BCUT2D eigenvalue weighted by molar-refractivity contribution is 5.85. The van der Waals surface area contributed by atoms with E-state index in [-0.39, 0.29) is 0 Å². The third kappa shape index (κ3) is 16.6. The zero-order valence-electron chi connectivity index (χ0n) is 64.7. The molecule has 0 saturated carbocycles. The zero-order valence-corrected chi connectivity index (χ0v) is 64.7. The van der Waals surface area contributed by atoms with Gasteiger partial charge in [0.25, 0.3) is 0 Å². The Balaban J connectivity index is 0.000000159. The molecule has 0 aliphatic carbocycles. The molecule has 0 radical (unpaired) electrons. The van der Waals surface area contributed by atoms with Crippen molar-refractivity contribution >= 4 is 0 Å². The summed E-state index contributed by atoms with van der Waals surface area (Å²) in [6.07, 6.45) is 7.25. The summed E-state index contributed by atoms with van der Waals surface area (Å²) < 4.78 is 0. The zero-order chi connectivity index (χ0) is 80.2. The van der Waals surface area contributed by atoms with Gasteiger partial charge in [0.15, 0.2) is 23.3 Å². The topological polar surface area (TPSA) is 180 Å². The Labute approximate surface area is 694 Å². The monoisotopic (exact) mass is 1540 g/mol. The Bertz CT molecular complexity index is 6530. The standard InChI is InChI=1S/2C53H35N7/c1-6-17-36(18-7-1)42-32-49(48-31-41(28-30-54-48)47-35-44(37-19-8-2-9-20-37)57-52(58-47)40-25-14-5-15-26-40)56-50(33-42)51-43(27-16-29-55-51)53-59-45(38-21-10-3-11-22-38)34-46(60-53)39-23-12-4-13-24-39;1-6-16-36(17-7-1)43-30-50(44-28-26-41(34-54-44)52-57-46(37-18-8-2-9-19-37)32-47(58-52)38-20-10-3-11-21-38)56-51(31-43)45-29-27-42(35-55-45)53-59-48(39-22-12-4-13-23-39)33-49(60-53)40-24-14-5-15-25-40/h2*1-35H. The van der Waals surface area contributed by atoms with Gasteiger partial charge in [-0.2, -0.15) is 0 Å². The third-order valence-corrected chi connectivity index (χ3v) is 20.5. The van der Waals surface area contributed by atoms with Crippen LogP contribution < -0.4 is 0 Å². The Kier molecular flexibility index (Phi) is 21.0.